The number of rotatable bonds is 3. The van der Waals surface area contributed by atoms with Gasteiger partial charge in [0.05, 0.1) is 9.95 Å². The first-order valence-corrected chi connectivity index (χ1v) is 6.28. The molecule has 0 aliphatic heterocycles. The highest BCUT2D eigenvalue weighted by Crippen LogP contribution is 2.33. The van der Waals surface area contributed by atoms with Crippen LogP contribution in [0.1, 0.15) is 5.56 Å². The van der Waals surface area contributed by atoms with Gasteiger partial charge in [0.1, 0.15) is 16.7 Å². The first-order valence-electron chi connectivity index (χ1n) is 5.08. The van der Waals surface area contributed by atoms with Crippen LogP contribution >= 0.6 is 23.4 Å². The highest BCUT2D eigenvalue weighted by molar-refractivity contribution is 7.99. The largest absolute Gasteiger partial charge is 0.288 e. The zero-order valence-corrected chi connectivity index (χ0v) is 11.0. The first-order chi connectivity index (χ1) is 9.11. The molecule has 0 bridgehead atoms. The van der Waals surface area contributed by atoms with Crippen molar-refractivity contribution in [2.24, 2.45) is 0 Å². The number of hydrogen-bond acceptors (Lipinski definition) is 5. The molecule has 0 N–H and O–H groups in total. The lowest BCUT2D eigenvalue weighted by Crippen LogP contribution is -1.92. The third-order valence-electron chi connectivity index (χ3n) is 2.23. The van der Waals surface area contributed by atoms with Crippen molar-refractivity contribution in [2.45, 2.75) is 9.92 Å². The van der Waals surface area contributed by atoms with E-state index >= 15 is 0 Å². The van der Waals surface area contributed by atoms with E-state index in [1.54, 1.807) is 30.5 Å². The van der Waals surface area contributed by atoms with E-state index < -0.39 is 4.92 Å². The van der Waals surface area contributed by atoms with Gasteiger partial charge in [-0.1, -0.05) is 23.4 Å². The van der Waals surface area contributed by atoms with Crippen molar-refractivity contribution in [3.63, 3.8) is 0 Å². The Labute approximate surface area is 118 Å². The maximum atomic E-state index is 10.9. The molecule has 0 unspecified atom stereocenters. The smallest absolute Gasteiger partial charge is 0.258 e. The fourth-order valence-electron chi connectivity index (χ4n) is 1.38. The molecule has 2 rings (SSSR count). The molecule has 0 aliphatic rings. The van der Waals surface area contributed by atoms with Crippen molar-refractivity contribution in [3.05, 3.63) is 57.2 Å². The van der Waals surface area contributed by atoms with Gasteiger partial charge in [-0.15, -0.1) is 0 Å². The van der Waals surface area contributed by atoms with Gasteiger partial charge in [0.25, 0.3) is 5.69 Å². The zero-order chi connectivity index (χ0) is 13.8. The number of nitrogens with zero attached hydrogens (tertiary/aromatic N) is 3. The quantitative estimate of drug-likeness (QED) is 0.637. The van der Waals surface area contributed by atoms with Crippen molar-refractivity contribution in [1.29, 1.82) is 5.26 Å². The van der Waals surface area contributed by atoms with Crippen LogP contribution in [0.5, 0.6) is 0 Å². The summed E-state index contributed by atoms with van der Waals surface area (Å²) in [7, 11) is 0. The molecule has 0 amide bonds. The predicted molar refractivity (Wildman–Crippen MR) is 71.2 cm³/mol. The summed E-state index contributed by atoms with van der Waals surface area (Å²) < 4.78 is 0. The Hall–Kier alpha value is -2.10. The molecular weight excluding hydrogens is 286 g/mol. The number of nitro groups is 1. The number of halogens is 1. The number of hydrogen-bond donors (Lipinski definition) is 0. The summed E-state index contributed by atoms with van der Waals surface area (Å²) in [4.78, 5) is 15.0. The number of nitro benzene ring substituents is 1. The molecule has 0 saturated heterocycles. The van der Waals surface area contributed by atoms with Crippen molar-refractivity contribution in [1.82, 2.24) is 4.98 Å². The van der Waals surface area contributed by atoms with Crippen molar-refractivity contribution < 1.29 is 4.92 Å². The predicted octanol–water partition coefficient (Wildman–Crippen LogP) is 3.67. The van der Waals surface area contributed by atoms with Gasteiger partial charge in [0, 0.05) is 17.2 Å². The minimum Gasteiger partial charge on any atom is -0.258 e. The second-order valence-electron chi connectivity index (χ2n) is 3.44. The second kappa shape index (κ2) is 5.69. The third kappa shape index (κ3) is 3.02. The average Bonchev–Trinajstić information content (AvgIpc) is 2.41. The van der Waals surface area contributed by atoms with E-state index in [4.69, 9.17) is 16.9 Å². The highest BCUT2D eigenvalue weighted by Gasteiger charge is 2.15. The first kappa shape index (κ1) is 13.3. The van der Waals surface area contributed by atoms with Gasteiger partial charge in [-0.25, -0.2) is 4.98 Å². The number of pyridine rings is 1. The van der Waals surface area contributed by atoms with E-state index in [9.17, 15) is 10.1 Å². The zero-order valence-electron chi connectivity index (χ0n) is 9.41. The van der Waals surface area contributed by atoms with E-state index in [-0.39, 0.29) is 11.3 Å². The summed E-state index contributed by atoms with van der Waals surface area (Å²) in [5.41, 5.74) is -0.193. The molecule has 0 radical (unpaired) electrons. The number of nitriles is 1. The van der Waals surface area contributed by atoms with E-state index in [2.05, 4.69) is 4.98 Å². The van der Waals surface area contributed by atoms with Gasteiger partial charge < -0.3 is 0 Å². The fraction of sp³-hybridized carbons (Fsp3) is 0. The van der Waals surface area contributed by atoms with Crippen LogP contribution < -0.4 is 0 Å². The summed E-state index contributed by atoms with van der Waals surface area (Å²) in [5, 5.41) is 20.7. The van der Waals surface area contributed by atoms with Crippen LogP contribution in [0.25, 0.3) is 0 Å². The molecule has 5 nitrogen and oxygen atoms in total. The standard InChI is InChI=1S/C12H6ClN3O2S/c13-10-2-1-5-15-12(10)19-9-4-3-8(7-14)11(6-9)16(17)18/h1-6H. The summed E-state index contributed by atoms with van der Waals surface area (Å²) in [6, 6.07) is 9.56. The third-order valence-corrected chi connectivity index (χ3v) is 3.65. The molecule has 94 valence electrons. The molecule has 1 aromatic carbocycles. The van der Waals surface area contributed by atoms with Crippen LogP contribution in [0.2, 0.25) is 5.02 Å². The second-order valence-corrected chi connectivity index (χ2v) is 4.91. The van der Waals surface area contributed by atoms with E-state index in [1.807, 2.05) is 0 Å². The topological polar surface area (TPSA) is 79.8 Å². The van der Waals surface area contributed by atoms with Crippen LogP contribution in [-0.4, -0.2) is 9.91 Å². The van der Waals surface area contributed by atoms with E-state index in [1.165, 1.54) is 23.9 Å². The summed E-state index contributed by atoms with van der Waals surface area (Å²) in [6.45, 7) is 0. The summed E-state index contributed by atoms with van der Waals surface area (Å²) >= 11 is 7.17. The minimum atomic E-state index is -0.581. The van der Waals surface area contributed by atoms with Crippen molar-refractivity contribution in [3.8, 4) is 6.07 Å². The van der Waals surface area contributed by atoms with E-state index in [0.29, 0.717) is 14.9 Å². The van der Waals surface area contributed by atoms with Crippen LogP contribution in [0.3, 0.4) is 0 Å². The molecule has 0 saturated carbocycles. The number of benzene rings is 1. The molecule has 7 heteroatoms. The van der Waals surface area contributed by atoms with Crippen molar-refractivity contribution >= 4 is 29.1 Å². The molecule has 0 fully saturated rings. The van der Waals surface area contributed by atoms with Crippen LogP contribution in [0.4, 0.5) is 5.69 Å². The van der Waals surface area contributed by atoms with Crippen molar-refractivity contribution in [2.75, 3.05) is 0 Å². The SMILES string of the molecule is N#Cc1ccc(Sc2ncccc2Cl)cc1[N+](=O)[O-]. The highest BCUT2D eigenvalue weighted by atomic mass is 35.5. The molecule has 1 aromatic heterocycles. The number of aromatic nitrogens is 1. The van der Waals surface area contributed by atoms with Gasteiger partial charge >= 0.3 is 0 Å². The van der Waals surface area contributed by atoms with Gasteiger partial charge in [0.2, 0.25) is 0 Å². The molecule has 0 atom stereocenters. The molecule has 2 aromatic rings. The van der Waals surface area contributed by atoms with Crippen LogP contribution in [0, 0.1) is 21.4 Å². The summed E-state index contributed by atoms with van der Waals surface area (Å²) in [5.74, 6) is 0. The Morgan fingerprint density at radius 1 is 1.42 bits per heavy atom. The van der Waals surface area contributed by atoms with Gasteiger partial charge in [-0.3, -0.25) is 10.1 Å². The lowest BCUT2D eigenvalue weighted by molar-refractivity contribution is -0.385. The van der Waals surface area contributed by atoms with Gasteiger partial charge in [-0.05, 0) is 24.3 Å². The Morgan fingerprint density at radius 2 is 2.21 bits per heavy atom. The maximum Gasteiger partial charge on any atom is 0.288 e. The molecule has 0 spiro atoms. The molecular formula is C12H6ClN3O2S. The monoisotopic (exact) mass is 291 g/mol. The van der Waals surface area contributed by atoms with Crippen LogP contribution in [0.15, 0.2) is 46.5 Å². The maximum absolute atomic E-state index is 10.9. The summed E-state index contributed by atoms with van der Waals surface area (Å²) in [6.07, 6.45) is 1.59. The molecule has 19 heavy (non-hydrogen) atoms. The lowest BCUT2D eigenvalue weighted by Gasteiger charge is -2.03. The van der Waals surface area contributed by atoms with Crippen LogP contribution in [-0.2, 0) is 0 Å². The lowest BCUT2D eigenvalue weighted by atomic mass is 10.2. The van der Waals surface area contributed by atoms with Gasteiger partial charge in [-0.2, -0.15) is 5.26 Å². The average molecular weight is 292 g/mol. The fourth-order valence-corrected chi connectivity index (χ4v) is 2.42. The normalized spacial score (nSPS) is 9.89. The van der Waals surface area contributed by atoms with E-state index in [0.717, 1.165) is 0 Å². The molecule has 1 heterocycles. The Morgan fingerprint density at radius 3 is 2.84 bits per heavy atom. The Bertz CT molecular complexity index is 685. The Kier molecular flexibility index (Phi) is 4.00. The minimum absolute atomic E-state index is 0.0291. The Balaban J connectivity index is 2.38. The van der Waals surface area contributed by atoms with Gasteiger partial charge in [0.15, 0.2) is 0 Å². The molecule has 0 aliphatic carbocycles.